The standard InChI is InChI=1S/C19H17FN2O2/c1-13-17(18(22-24-13)15-5-3-2-4-6-15)19(23)21-12-11-14-7-9-16(20)10-8-14/h2-10H,11-12H2,1H3,(H,21,23). The van der Waals surface area contributed by atoms with Gasteiger partial charge in [0.25, 0.3) is 5.91 Å². The van der Waals surface area contributed by atoms with E-state index in [1.54, 1.807) is 19.1 Å². The fourth-order valence-corrected chi connectivity index (χ4v) is 2.49. The van der Waals surface area contributed by atoms with E-state index in [2.05, 4.69) is 10.5 Å². The summed E-state index contributed by atoms with van der Waals surface area (Å²) in [7, 11) is 0. The normalized spacial score (nSPS) is 10.6. The first-order valence-corrected chi connectivity index (χ1v) is 7.69. The summed E-state index contributed by atoms with van der Waals surface area (Å²) in [4.78, 5) is 12.5. The van der Waals surface area contributed by atoms with Gasteiger partial charge in [0, 0.05) is 12.1 Å². The molecular formula is C19H17FN2O2. The lowest BCUT2D eigenvalue weighted by Gasteiger charge is -2.06. The molecule has 122 valence electrons. The number of hydrogen-bond acceptors (Lipinski definition) is 3. The van der Waals surface area contributed by atoms with E-state index in [1.807, 2.05) is 30.3 Å². The highest BCUT2D eigenvalue weighted by atomic mass is 19.1. The second-order valence-corrected chi connectivity index (χ2v) is 5.46. The fraction of sp³-hybridized carbons (Fsp3) is 0.158. The number of benzene rings is 2. The van der Waals surface area contributed by atoms with Crippen LogP contribution in [0.1, 0.15) is 21.7 Å². The number of aryl methyl sites for hydroxylation is 1. The van der Waals surface area contributed by atoms with Crippen molar-refractivity contribution in [3.63, 3.8) is 0 Å². The predicted octanol–water partition coefficient (Wildman–Crippen LogP) is 3.76. The van der Waals surface area contributed by atoms with Gasteiger partial charge in [0.2, 0.25) is 0 Å². The topological polar surface area (TPSA) is 55.1 Å². The molecule has 3 rings (SSSR count). The van der Waals surface area contributed by atoms with Gasteiger partial charge in [-0.1, -0.05) is 47.6 Å². The Balaban J connectivity index is 1.69. The van der Waals surface area contributed by atoms with Crippen LogP contribution < -0.4 is 5.32 Å². The monoisotopic (exact) mass is 324 g/mol. The Hall–Kier alpha value is -2.95. The number of aromatic nitrogens is 1. The van der Waals surface area contributed by atoms with Crippen LogP contribution in [0.3, 0.4) is 0 Å². The Morgan fingerprint density at radius 1 is 1.12 bits per heavy atom. The highest BCUT2D eigenvalue weighted by Gasteiger charge is 2.21. The second kappa shape index (κ2) is 7.08. The first kappa shape index (κ1) is 15.9. The van der Waals surface area contributed by atoms with Gasteiger partial charge in [-0.3, -0.25) is 4.79 Å². The zero-order chi connectivity index (χ0) is 16.9. The molecule has 1 heterocycles. The summed E-state index contributed by atoms with van der Waals surface area (Å²) in [5.74, 6) is -0.0155. The molecule has 0 fully saturated rings. The maximum Gasteiger partial charge on any atom is 0.257 e. The minimum absolute atomic E-state index is 0.227. The Bertz CT molecular complexity index is 826. The van der Waals surface area contributed by atoms with Gasteiger partial charge in [0.15, 0.2) is 0 Å². The highest BCUT2D eigenvalue weighted by molar-refractivity contribution is 6.00. The van der Waals surface area contributed by atoms with Gasteiger partial charge in [-0.15, -0.1) is 0 Å². The van der Waals surface area contributed by atoms with Crippen molar-refractivity contribution in [1.29, 1.82) is 0 Å². The summed E-state index contributed by atoms with van der Waals surface area (Å²) in [6.45, 7) is 2.16. The fourth-order valence-electron chi connectivity index (χ4n) is 2.49. The van der Waals surface area contributed by atoms with E-state index in [4.69, 9.17) is 4.52 Å². The zero-order valence-corrected chi connectivity index (χ0v) is 13.3. The molecule has 0 radical (unpaired) electrons. The number of carbonyl (C=O) groups is 1. The summed E-state index contributed by atoms with van der Waals surface area (Å²) >= 11 is 0. The molecule has 2 aromatic carbocycles. The van der Waals surface area contributed by atoms with Crippen LogP contribution in [0.25, 0.3) is 11.3 Å². The van der Waals surface area contributed by atoms with Gasteiger partial charge in [-0.2, -0.15) is 0 Å². The average molecular weight is 324 g/mol. The third-order valence-corrected chi connectivity index (χ3v) is 3.75. The van der Waals surface area contributed by atoms with E-state index in [1.165, 1.54) is 12.1 Å². The molecule has 1 amide bonds. The van der Waals surface area contributed by atoms with E-state index >= 15 is 0 Å². The summed E-state index contributed by atoms with van der Waals surface area (Å²) in [5, 5.41) is 6.87. The van der Waals surface area contributed by atoms with Crippen LogP contribution in [-0.2, 0) is 6.42 Å². The van der Waals surface area contributed by atoms with Crippen molar-refractivity contribution in [1.82, 2.24) is 10.5 Å². The molecule has 24 heavy (non-hydrogen) atoms. The summed E-state index contributed by atoms with van der Waals surface area (Å²) in [6, 6.07) is 15.7. The van der Waals surface area contributed by atoms with Crippen molar-refractivity contribution < 1.29 is 13.7 Å². The Morgan fingerprint density at radius 3 is 2.54 bits per heavy atom. The lowest BCUT2D eigenvalue weighted by molar-refractivity contribution is 0.0953. The number of amides is 1. The lowest BCUT2D eigenvalue weighted by atomic mass is 10.1. The van der Waals surface area contributed by atoms with Crippen LogP contribution in [0, 0.1) is 12.7 Å². The van der Waals surface area contributed by atoms with Gasteiger partial charge < -0.3 is 9.84 Å². The SMILES string of the molecule is Cc1onc(-c2ccccc2)c1C(=O)NCCc1ccc(F)cc1. The van der Waals surface area contributed by atoms with Crippen LogP contribution >= 0.6 is 0 Å². The predicted molar refractivity (Wildman–Crippen MR) is 89.1 cm³/mol. The molecule has 0 saturated carbocycles. The summed E-state index contributed by atoms with van der Waals surface area (Å²) < 4.78 is 18.1. The maximum absolute atomic E-state index is 12.9. The number of rotatable bonds is 5. The van der Waals surface area contributed by atoms with Crippen molar-refractivity contribution >= 4 is 5.91 Å². The minimum Gasteiger partial charge on any atom is -0.360 e. The molecule has 0 spiro atoms. The molecule has 1 aromatic heterocycles. The molecule has 0 aliphatic heterocycles. The van der Waals surface area contributed by atoms with Crippen molar-refractivity contribution in [2.75, 3.05) is 6.54 Å². The van der Waals surface area contributed by atoms with E-state index in [0.29, 0.717) is 30.0 Å². The van der Waals surface area contributed by atoms with Crippen molar-refractivity contribution in [3.8, 4) is 11.3 Å². The summed E-state index contributed by atoms with van der Waals surface area (Å²) in [6.07, 6.45) is 0.622. The molecule has 3 aromatic rings. The van der Waals surface area contributed by atoms with Crippen molar-refractivity contribution in [2.24, 2.45) is 0 Å². The molecule has 1 N–H and O–H groups in total. The molecule has 5 heteroatoms. The zero-order valence-electron chi connectivity index (χ0n) is 13.3. The number of nitrogens with zero attached hydrogens (tertiary/aromatic N) is 1. The van der Waals surface area contributed by atoms with Crippen LogP contribution in [0.4, 0.5) is 4.39 Å². The maximum atomic E-state index is 12.9. The largest absolute Gasteiger partial charge is 0.360 e. The van der Waals surface area contributed by atoms with Crippen molar-refractivity contribution in [2.45, 2.75) is 13.3 Å². The molecular weight excluding hydrogens is 307 g/mol. The number of nitrogens with one attached hydrogen (secondary N) is 1. The van der Waals surface area contributed by atoms with E-state index < -0.39 is 0 Å². The molecule has 0 atom stereocenters. The third kappa shape index (κ3) is 3.51. The van der Waals surface area contributed by atoms with Crippen LogP contribution in [-0.4, -0.2) is 17.6 Å². The number of carbonyl (C=O) groups excluding carboxylic acids is 1. The van der Waals surface area contributed by atoms with Crippen LogP contribution in [0.15, 0.2) is 59.1 Å². The quantitative estimate of drug-likeness (QED) is 0.777. The van der Waals surface area contributed by atoms with E-state index in [-0.39, 0.29) is 11.7 Å². The first-order valence-electron chi connectivity index (χ1n) is 7.69. The Morgan fingerprint density at radius 2 is 1.83 bits per heavy atom. The van der Waals surface area contributed by atoms with Crippen LogP contribution in [0.2, 0.25) is 0 Å². The Kier molecular flexibility index (Phi) is 4.70. The van der Waals surface area contributed by atoms with Gasteiger partial charge in [-0.25, -0.2) is 4.39 Å². The third-order valence-electron chi connectivity index (χ3n) is 3.75. The average Bonchev–Trinajstić information content (AvgIpc) is 2.99. The van der Waals surface area contributed by atoms with Gasteiger partial charge >= 0.3 is 0 Å². The molecule has 0 unspecified atom stereocenters. The number of hydrogen-bond donors (Lipinski definition) is 1. The molecule has 0 bridgehead atoms. The molecule has 0 saturated heterocycles. The minimum atomic E-state index is -0.268. The smallest absolute Gasteiger partial charge is 0.257 e. The molecule has 4 nitrogen and oxygen atoms in total. The van der Waals surface area contributed by atoms with E-state index in [0.717, 1.165) is 11.1 Å². The summed E-state index contributed by atoms with van der Waals surface area (Å²) in [5.41, 5.74) is 2.77. The molecule has 0 aliphatic carbocycles. The van der Waals surface area contributed by atoms with Gasteiger partial charge in [-0.05, 0) is 31.0 Å². The second-order valence-electron chi connectivity index (χ2n) is 5.46. The van der Waals surface area contributed by atoms with Crippen LogP contribution in [0.5, 0.6) is 0 Å². The van der Waals surface area contributed by atoms with E-state index in [9.17, 15) is 9.18 Å². The van der Waals surface area contributed by atoms with Crippen molar-refractivity contribution in [3.05, 3.63) is 77.3 Å². The number of halogens is 1. The molecule has 0 aliphatic rings. The van der Waals surface area contributed by atoms with Gasteiger partial charge in [0.05, 0.1) is 0 Å². The van der Waals surface area contributed by atoms with Gasteiger partial charge in [0.1, 0.15) is 22.8 Å². The lowest BCUT2D eigenvalue weighted by Crippen LogP contribution is -2.26. The highest BCUT2D eigenvalue weighted by Crippen LogP contribution is 2.24. The first-order chi connectivity index (χ1) is 11.6. The Labute approximate surface area is 139 Å².